The lowest BCUT2D eigenvalue weighted by Gasteiger charge is -2.16. The predicted molar refractivity (Wildman–Crippen MR) is 39.4 cm³/mol. The smallest absolute Gasteiger partial charge is 0.137 e. The van der Waals surface area contributed by atoms with E-state index in [4.69, 9.17) is 18.0 Å². The van der Waals surface area contributed by atoms with E-state index in [0.29, 0.717) is 12.8 Å². The maximum Gasteiger partial charge on any atom is 0.137 e. The van der Waals surface area contributed by atoms with Gasteiger partial charge in [-0.3, -0.25) is 4.79 Å². The number of nitrogens with two attached hydrogens (primary N) is 1. The van der Waals surface area contributed by atoms with Gasteiger partial charge in [-0.2, -0.15) is 0 Å². The van der Waals surface area contributed by atoms with Crippen LogP contribution in [0, 0.1) is 0 Å². The fourth-order valence-electron chi connectivity index (χ4n) is 0.891. The van der Waals surface area contributed by atoms with Crippen LogP contribution >= 0.6 is 12.2 Å². The molecule has 3 heteroatoms. The minimum absolute atomic E-state index is 0.00213. The summed E-state index contributed by atoms with van der Waals surface area (Å²) in [6, 6.07) is -0.00213. The van der Waals surface area contributed by atoms with Gasteiger partial charge in [-0.1, -0.05) is 12.2 Å². The number of carbonyl (C=O) groups is 1. The lowest BCUT2D eigenvalue weighted by Crippen LogP contribution is -2.35. The summed E-state index contributed by atoms with van der Waals surface area (Å²) in [5, 5.41) is 0. The molecular weight excluding hydrogens is 134 g/mol. The van der Waals surface area contributed by atoms with Gasteiger partial charge in [0.1, 0.15) is 5.78 Å². The molecule has 1 aliphatic rings. The molecule has 1 saturated carbocycles. The van der Waals surface area contributed by atoms with E-state index in [9.17, 15) is 4.79 Å². The second-order valence-electron chi connectivity index (χ2n) is 2.33. The van der Waals surface area contributed by atoms with Crippen LogP contribution < -0.4 is 5.73 Å². The molecule has 1 aliphatic carbocycles. The molecule has 0 heterocycles. The van der Waals surface area contributed by atoms with Crippen molar-refractivity contribution in [3.05, 3.63) is 0 Å². The van der Waals surface area contributed by atoms with Crippen LogP contribution in [0.3, 0.4) is 0 Å². The average molecular weight is 143 g/mol. The van der Waals surface area contributed by atoms with Crippen molar-refractivity contribution in [1.82, 2.24) is 0 Å². The number of Topliss-reactive ketones (excluding diaryl/α,β-unsaturated/α-hetero) is 1. The number of ketones is 1. The monoisotopic (exact) mass is 143 g/mol. The van der Waals surface area contributed by atoms with Crippen molar-refractivity contribution in [1.29, 1.82) is 0 Å². The molecule has 1 unspecified atom stereocenters. The summed E-state index contributed by atoms with van der Waals surface area (Å²) in [4.78, 5) is 11.4. The summed E-state index contributed by atoms with van der Waals surface area (Å²) in [6.07, 6.45) is 1.79. The second kappa shape index (κ2) is 2.54. The summed E-state index contributed by atoms with van der Waals surface area (Å²) >= 11 is 4.86. The van der Waals surface area contributed by atoms with E-state index in [1.165, 1.54) is 0 Å². The molecule has 2 nitrogen and oxygen atoms in total. The van der Waals surface area contributed by atoms with Crippen molar-refractivity contribution in [2.45, 2.75) is 25.3 Å². The first-order valence-electron chi connectivity index (χ1n) is 3.00. The number of thiocarbonyl (C=S) groups is 1. The number of rotatable bonds is 0. The third kappa shape index (κ3) is 1.56. The van der Waals surface area contributed by atoms with Crippen LogP contribution in [0.15, 0.2) is 0 Å². The predicted octanol–water partition coefficient (Wildman–Crippen LogP) is 0.437. The lowest BCUT2D eigenvalue weighted by atomic mass is 9.95. The molecule has 0 saturated heterocycles. The molecule has 1 rings (SSSR count). The molecule has 0 radical (unpaired) electrons. The highest BCUT2D eigenvalue weighted by Crippen LogP contribution is 2.10. The van der Waals surface area contributed by atoms with Crippen LogP contribution in [0.2, 0.25) is 0 Å². The molecule has 0 aromatic rings. The van der Waals surface area contributed by atoms with E-state index in [1.807, 2.05) is 0 Å². The highest BCUT2D eigenvalue weighted by atomic mass is 32.1. The fraction of sp³-hybridized carbons (Fsp3) is 0.667. The molecular formula is C6H9NOS. The van der Waals surface area contributed by atoms with E-state index in [-0.39, 0.29) is 11.8 Å². The normalized spacial score (nSPS) is 28.8. The van der Waals surface area contributed by atoms with Crippen LogP contribution in [-0.4, -0.2) is 16.7 Å². The molecule has 0 aromatic heterocycles. The first-order chi connectivity index (χ1) is 4.20. The van der Waals surface area contributed by atoms with Crippen LogP contribution in [0.1, 0.15) is 19.3 Å². The van der Waals surface area contributed by atoms with Crippen molar-refractivity contribution in [2.24, 2.45) is 5.73 Å². The second-order valence-corrected chi connectivity index (χ2v) is 2.85. The Labute approximate surface area is 59.4 Å². The van der Waals surface area contributed by atoms with Gasteiger partial charge in [-0.25, -0.2) is 0 Å². The minimum Gasteiger partial charge on any atom is -0.324 e. The van der Waals surface area contributed by atoms with Crippen LogP contribution in [-0.2, 0) is 4.79 Å². The largest absolute Gasteiger partial charge is 0.324 e. The standard InChI is InChI=1S/C6H9NOS/c7-5-2-1-4(8)3-6(5)9/h5H,1-3,7H2. The summed E-state index contributed by atoms with van der Waals surface area (Å²) < 4.78 is 0. The Hall–Kier alpha value is -0.280. The van der Waals surface area contributed by atoms with Crippen molar-refractivity contribution in [3.8, 4) is 0 Å². The molecule has 0 aromatic carbocycles. The third-order valence-electron chi connectivity index (χ3n) is 1.52. The van der Waals surface area contributed by atoms with Gasteiger partial charge in [-0.15, -0.1) is 0 Å². The van der Waals surface area contributed by atoms with Gasteiger partial charge < -0.3 is 5.73 Å². The molecule has 50 valence electrons. The number of hydrogen-bond acceptors (Lipinski definition) is 3. The SMILES string of the molecule is NC1CCC(=O)CC1=S. The molecule has 0 aliphatic heterocycles. The summed E-state index contributed by atoms with van der Waals surface area (Å²) in [7, 11) is 0. The molecule has 0 amide bonds. The van der Waals surface area contributed by atoms with E-state index in [1.54, 1.807) is 0 Å². The van der Waals surface area contributed by atoms with Gasteiger partial charge in [0, 0.05) is 23.7 Å². The molecule has 0 spiro atoms. The van der Waals surface area contributed by atoms with E-state index in [2.05, 4.69) is 0 Å². The minimum atomic E-state index is -0.00213. The first-order valence-corrected chi connectivity index (χ1v) is 3.41. The quantitative estimate of drug-likeness (QED) is 0.500. The average Bonchev–Trinajstić information content (AvgIpc) is 1.80. The van der Waals surface area contributed by atoms with Crippen LogP contribution in [0.5, 0.6) is 0 Å². The van der Waals surface area contributed by atoms with Crippen LogP contribution in [0.4, 0.5) is 0 Å². The van der Waals surface area contributed by atoms with E-state index < -0.39 is 0 Å². The number of hydrogen-bond donors (Lipinski definition) is 1. The van der Waals surface area contributed by atoms with Crippen molar-refractivity contribution in [3.63, 3.8) is 0 Å². The van der Waals surface area contributed by atoms with Crippen LogP contribution in [0.25, 0.3) is 0 Å². The highest BCUT2D eigenvalue weighted by Gasteiger charge is 2.19. The Morgan fingerprint density at radius 1 is 1.67 bits per heavy atom. The zero-order valence-electron chi connectivity index (χ0n) is 5.09. The Morgan fingerprint density at radius 3 is 2.78 bits per heavy atom. The molecule has 2 N–H and O–H groups in total. The molecule has 1 atom stereocenters. The zero-order valence-corrected chi connectivity index (χ0v) is 5.91. The van der Waals surface area contributed by atoms with Gasteiger partial charge in [0.25, 0.3) is 0 Å². The molecule has 9 heavy (non-hydrogen) atoms. The molecule has 1 fully saturated rings. The van der Waals surface area contributed by atoms with Gasteiger partial charge in [-0.05, 0) is 6.42 Å². The van der Waals surface area contributed by atoms with Crippen molar-refractivity contribution in [2.75, 3.05) is 0 Å². The highest BCUT2D eigenvalue weighted by molar-refractivity contribution is 7.80. The van der Waals surface area contributed by atoms with Gasteiger partial charge in [0.15, 0.2) is 0 Å². The maximum absolute atomic E-state index is 10.7. The van der Waals surface area contributed by atoms with E-state index >= 15 is 0 Å². The maximum atomic E-state index is 10.7. The van der Waals surface area contributed by atoms with Gasteiger partial charge >= 0.3 is 0 Å². The summed E-state index contributed by atoms with van der Waals surface area (Å²) in [6.45, 7) is 0. The Balaban J connectivity index is 2.54. The third-order valence-corrected chi connectivity index (χ3v) is 1.97. The van der Waals surface area contributed by atoms with Crippen molar-refractivity contribution >= 4 is 22.9 Å². The fourth-order valence-corrected chi connectivity index (χ4v) is 1.17. The number of carbonyl (C=O) groups excluding carboxylic acids is 1. The zero-order chi connectivity index (χ0) is 6.85. The van der Waals surface area contributed by atoms with Gasteiger partial charge in [0.2, 0.25) is 0 Å². The Bertz CT molecular complexity index is 155. The Morgan fingerprint density at radius 2 is 2.33 bits per heavy atom. The van der Waals surface area contributed by atoms with Gasteiger partial charge in [0.05, 0.1) is 0 Å². The summed E-state index contributed by atoms with van der Waals surface area (Å²) in [5.74, 6) is 0.238. The van der Waals surface area contributed by atoms with E-state index in [0.717, 1.165) is 11.3 Å². The molecule has 0 bridgehead atoms. The summed E-state index contributed by atoms with van der Waals surface area (Å²) in [5.41, 5.74) is 5.55. The first kappa shape index (κ1) is 6.83. The lowest BCUT2D eigenvalue weighted by molar-refractivity contribution is -0.118. The Kier molecular flexibility index (Phi) is 1.93. The topological polar surface area (TPSA) is 43.1 Å². The van der Waals surface area contributed by atoms with Crippen molar-refractivity contribution < 1.29 is 4.79 Å².